The Balaban J connectivity index is 1.65. The molecular weight excluding hydrogens is 342 g/mol. The Kier molecular flexibility index (Phi) is 5.24. The predicted molar refractivity (Wildman–Crippen MR) is 93.9 cm³/mol. The molecule has 1 N–H and O–H groups in total. The van der Waals surface area contributed by atoms with Crippen LogP contribution < -0.4 is 4.74 Å². The van der Waals surface area contributed by atoms with Crippen LogP contribution in [0, 0.1) is 5.92 Å². The van der Waals surface area contributed by atoms with E-state index in [1.807, 2.05) is 18.2 Å². The molecule has 1 aliphatic heterocycles. The van der Waals surface area contributed by atoms with Gasteiger partial charge in [-0.05, 0) is 42.3 Å². The van der Waals surface area contributed by atoms with Crippen molar-refractivity contribution in [1.29, 1.82) is 0 Å². The normalized spacial score (nSPS) is 16.7. The molecule has 1 saturated heterocycles. The van der Waals surface area contributed by atoms with Gasteiger partial charge < -0.3 is 14.7 Å². The predicted octanol–water partition coefficient (Wildman–Crippen LogP) is 3.47. The molecule has 0 aliphatic carbocycles. The maximum atomic E-state index is 12.5. The number of benzene rings is 2. The van der Waals surface area contributed by atoms with Crippen molar-refractivity contribution in [2.75, 3.05) is 13.1 Å². The number of aliphatic carboxylic acids is 1. The van der Waals surface area contributed by atoms with E-state index >= 15 is 0 Å². The van der Waals surface area contributed by atoms with Crippen molar-refractivity contribution in [3.8, 4) is 5.75 Å². The van der Waals surface area contributed by atoms with Gasteiger partial charge in [0.15, 0.2) is 0 Å². The first-order chi connectivity index (χ1) is 12.0. The Bertz CT molecular complexity index is 792. The van der Waals surface area contributed by atoms with Crippen molar-refractivity contribution in [2.45, 2.75) is 13.0 Å². The summed E-state index contributed by atoms with van der Waals surface area (Å²) in [5, 5.41) is 9.70. The lowest BCUT2D eigenvalue weighted by Gasteiger charge is -2.16. The minimum absolute atomic E-state index is 0.169. The number of ether oxygens (including phenoxy) is 1. The quantitative estimate of drug-likeness (QED) is 0.887. The summed E-state index contributed by atoms with van der Waals surface area (Å²) in [6.45, 7) is 1.06. The smallest absolute Gasteiger partial charge is 0.308 e. The van der Waals surface area contributed by atoms with Gasteiger partial charge in [-0.1, -0.05) is 29.8 Å². The van der Waals surface area contributed by atoms with Crippen LogP contribution in [-0.4, -0.2) is 35.0 Å². The fourth-order valence-electron chi connectivity index (χ4n) is 2.84. The van der Waals surface area contributed by atoms with E-state index in [-0.39, 0.29) is 12.5 Å². The summed E-state index contributed by atoms with van der Waals surface area (Å²) in [5.41, 5.74) is 1.43. The van der Waals surface area contributed by atoms with Crippen molar-refractivity contribution >= 4 is 23.5 Å². The summed E-state index contributed by atoms with van der Waals surface area (Å²) >= 11 is 5.95. The van der Waals surface area contributed by atoms with Crippen LogP contribution in [0.4, 0.5) is 0 Å². The summed E-state index contributed by atoms with van der Waals surface area (Å²) in [6, 6.07) is 14.3. The molecule has 1 heterocycles. The fourth-order valence-corrected chi connectivity index (χ4v) is 3.05. The Morgan fingerprint density at radius 3 is 2.72 bits per heavy atom. The molecule has 25 heavy (non-hydrogen) atoms. The molecule has 6 heteroatoms. The van der Waals surface area contributed by atoms with E-state index in [4.69, 9.17) is 21.4 Å². The average Bonchev–Trinajstić information content (AvgIpc) is 3.10. The van der Waals surface area contributed by atoms with Gasteiger partial charge in [-0.15, -0.1) is 0 Å². The number of amides is 1. The number of carbonyl (C=O) groups excluding carboxylic acids is 1. The third kappa shape index (κ3) is 4.31. The van der Waals surface area contributed by atoms with Crippen molar-refractivity contribution in [1.82, 2.24) is 4.90 Å². The average molecular weight is 360 g/mol. The minimum atomic E-state index is -0.853. The first-order valence-electron chi connectivity index (χ1n) is 8.02. The van der Waals surface area contributed by atoms with E-state index in [0.717, 1.165) is 5.56 Å². The van der Waals surface area contributed by atoms with Crippen molar-refractivity contribution in [2.24, 2.45) is 5.92 Å². The molecule has 1 aliphatic rings. The molecule has 1 amide bonds. The molecule has 2 aromatic carbocycles. The van der Waals surface area contributed by atoms with E-state index < -0.39 is 11.9 Å². The van der Waals surface area contributed by atoms with Crippen LogP contribution in [0.1, 0.15) is 22.3 Å². The van der Waals surface area contributed by atoms with Crippen LogP contribution in [0.25, 0.3) is 0 Å². The summed E-state index contributed by atoms with van der Waals surface area (Å²) in [6.07, 6.45) is 0.492. The molecule has 0 saturated carbocycles. The third-order valence-corrected chi connectivity index (χ3v) is 4.44. The third-order valence-electron chi connectivity index (χ3n) is 4.20. The molecule has 0 aromatic heterocycles. The Morgan fingerprint density at radius 2 is 2.00 bits per heavy atom. The number of rotatable bonds is 5. The molecule has 1 atom stereocenters. The van der Waals surface area contributed by atoms with Crippen molar-refractivity contribution in [3.63, 3.8) is 0 Å². The van der Waals surface area contributed by atoms with E-state index in [1.54, 1.807) is 35.2 Å². The second kappa shape index (κ2) is 7.57. The van der Waals surface area contributed by atoms with Crippen LogP contribution in [0.3, 0.4) is 0 Å². The Labute approximate surface area is 150 Å². The number of carboxylic acid groups (broad SMARTS) is 1. The van der Waals surface area contributed by atoms with E-state index in [9.17, 15) is 9.59 Å². The Morgan fingerprint density at radius 1 is 1.20 bits per heavy atom. The molecule has 0 bridgehead atoms. The minimum Gasteiger partial charge on any atom is -0.489 e. The first-order valence-corrected chi connectivity index (χ1v) is 8.40. The zero-order chi connectivity index (χ0) is 17.8. The number of hydrogen-bond donors (Lipinski definition) is 1. The number of hydrogen-bond acceptors (Lipinski definition) is 3. The maximum Gasteiger partial charge on any atom is 0.308 e. The summed E-state index contributed by atoms with van der Waals surface area (Å²) in [7, 11) is 0. The molecular formula is C19H18ClNO4. The number of halogens is 1. The van der Waals surface area contributed by atoms with Gasteiger partial charge in [0.2, 0.25) is 0 Å². The topological polar surface area (TPSA) is 66.8 Å². The second-order valence-electron chi connectivity index (χ2n) is 6.02. The van der Waals surface area contributed by atoms with Crippen molar-refractivity contribution in [3.05, 3.63) is 64.7 Å². The monoisotopic (exact) mass is 359 g/mol. The van der Waals surface area contributed by atoms with Gasteiger partial charge in [-0.2, -0.15) is 0 Å². The SMILES string of the molecule is O=C(O)C1CCN(C(=O)c2cccc(OCc3cccc(Cl)c3)c2)C1. The summed E-state index contributed by atoms with van der Waals surface area (Å²) < 4.78 is 5.74. The molecule has 0 spiro atoms. The molecule has 1 fully saturated rings. The van der Waals surface area contributed by atoms with E-state index in [0.29, 0.717) is 35.9 Å². The molecule has 130 valence electrons. The summed E-state index contributed by atoms with van der Waals surface area (Å²) in [4.78, 5) is 25.2. The number of carboxylic acids is 1. The van der Waals surface area contributed by atoms with E-state index in [1.165, 1.54) is 0 Å². The van der Waals surface area contributed by atoms with Crippen LogP contribution in [-0.2, 0) is 11.4 Å². The maximum absolute atomic E-state index is 12.5. The van der Waals surface area contributed by atoms with Crippen LogP contribution >= 0.6 is 11.6 Å². The van der Waals surface area contributed by atoms with Crippen LogP contribution in [0.15, 0.2) is 48.5 Å². The van der Waals surface area contributed by atoms with Crippen LogP contribution in [0.5, 0.6) is 5.75 Å². The molecule has 5 nitrogen and oxygen atoms in total. The number of carbonyl (C=O) groups is 2. The highest BCUT2D eigenvalue weighted by Gasteiger charge is 2.31. The number of likely N-dealkylation sites (tertiary alicyclic amines) is 1. The Hall–Kier alpha value is -2.53. The lowest BCUT2D eigenvalue weighted by molar-refractivity contribution is -0.141. The molecule has 3 rings (SSSR count). The van der Waals surface area contributed by atoms with Gasteiger partial charge >= 0.3 is 5.97 Å². The van der Waals surface area contributed by atoms with Gasteiger partial charge in [0.1, 0.15) is 12.4 Å². The molecule has 1 unspecified atom stereocenters. The lowest BCUT2D eigenvalue weighted by Crippen LogP contribution is -2.29. The van der Waals surface area contributed by atoms with Crippen LogP contribution in [0.2, 0.25) is 5.02 Å². The molecule has 0 radical (unpaired) electrons. The lowest BCUT2D eigenvalue weighted by atomic mass is 10.1. The zero-order valence-electron chi connectivity index (χ0n) is 13.5. The number of nitrogens with zero attached hydrogens (tertiary/aromatic N) is 1. The van der Waals surface area contributed by atoms with Gasteiger partial charge in [-0.3, -0.25) is 9.59 Å². The highest BCUT2D eigenvalue weighted by Crippen LogP contribution is 2.22. The zero-order valence-corrected chi connectivity index (χ0v) is 14.3. The van der Waals surface area contributed by atoms with E-state index in [2.05, 4.69) is 0 Å². The standard InChI is InChI=1S/C19H18ClNO4/c20-16-5-1-3-13(9-16)12-25-17-6-2-4-14(10-17)18(22)21-8-7-15(11-21)19(23)24/h1-6,9-10,15H,7-8,11-12H2,(H,23,24). The highest BCUT2D eigenvalue weighted by atomic mass is 35.5. The molecule has 2 aromatic rings. The van der Waals surface area contributed by atoms with Gasteiger partial charge in [0.05, 0.1) is 5.92 Å². The van der Waals surface area contributed by atoms with Gasteiger partial charge in [0.25, 0.3) is 5.91 Å². The largest absolute Gasteiger partial charge is 0.489 e. The highest BCUT2D eigenvalue weighted by molar-refractivity contribution is 6.30. The van der Waals surface area contributed by atoms with Gasteiger partial charge in [-0.25, -0.2) is 0 Å². The van der Waals surface area contributed by atoms with Crippen molar-refractivity contribution < 1.29 is 19.4 Å². The second-order valence-corrected chi connectivity index (χ2v) is 6.46. The first kappa shape index (κ1) is 17.3. The summed E-state index contributed by atoms with van der Waals surface area (Å²) in [5.74, 6) is -0.920. The fraction of sp³-hybridized carbons (Fsp3) is 0.263. The van der Waals surface area contributed by atoms with Gasteiger partial charge in [0, 0.05) is 23.7 Å².